The summed E-state index contributed by atoms with van der Waals surface area (Å²) in [6.45, 7) is 6.69. The summed E-state index contributed by atoms with van der Waals surface area (Å²) >= 11 is 0. The minimum Gasteiger partial charge on any atom is -0.352 e. The van der Waals surface area contributed by atoms with Gasteiger partial charge in [-0.2, -0.15) is 0 Å². The summed E-state index contributed by atoms with van der Waals surface area (Å²) in [7, 11) is 0. The molecule has 2 heterocycles. The molecule has 3 aromatic rings. The van der Waals surface area contributed by atoms with E-state index >= 15 is 0 Å². The molecule has 166 valence electrons. The summed E-state index contributed by atoms with van der Waals surface area (Å²) in [4.78, 5) is 31.6. The van der Waals surface area contributed by atoms with Gasteiger partial charge in [0.15, 0.2) is 0 Å². The van der Waals surface area contributed by atoms with Crippen molar-refractivity contribution in [2.45, 2.75) is 39.2 Å². The average Bonchev–Trinajstić information content (AvgIpc) is 3.33. The third kappa shape index (κ3) is 5.14. The number of hydrogen-bond acceptors (Lipinski definition) is 4. The van der Waals surface area contributed by atoms with E-state index in [9.17, 15) is 9.59 Å². The third-order valence-corrected chi connectivity index (χ3v) is 6.07. The van der Waals surface area contributed by atoms with Crippen LogP contribution in [0.25, 0.3) is 22.2 Å². The molecule has 1 aliphatic heterocycles. The van der Waals surface area contributed by atoms with Gasteiger partial charge in [-0.05, 0) is 63.5 Å². The minimum atomic E-state index is -0.111. The highest BCUT2D eigenvalue weighted by atomic mass is 16.2. The maximum absolute atomic E-state index is 13.1. The number of nitrogens with zero attached hydrogens (tertiary/aromatic N) is 2. The Bertz CT molecular complexity index is 1100. The molecule has 1 aliphatic rings. The molecule has 0 radical (unpaired) electrons. The molecule has 0 aliphatic carbocycles. The average molecular weight is 431 g/mol. The Morgan fingerprint density at radius 2 is 1.78 bits per heavy atom. The Morgan fingerprint density at radius 1 is 1.06 bits per heavy atom. The van der Waals surface area contributed by atoms with E-state index < -0.39 is 0 Å². The van der Waals surface area contributed by atoms with Crippen LogP contribution in [0, 0.1) is 0 Å². The number of anilines is 1. The first kappa shape index (κ1) is 22.0. The van der Waals surface area contributed by atoms with E-state index in [4.69, 9.17) is 4.98 Å². The maximum Gasteiger partial charge on any atom is 0.252 e. The summed E-state index contributed by atoms with van der Waals surface area (Å²) in [5.41, 5.74) is 3.76. The van der Waals surface area contributed by atoms with Crippen molar-refractivity contribution in [2.75, 3.05) is 25.0 Å². The van der Waals surface area contributed by atoms with Gasteiger partial charge in [0.05, 0.1) is 16.8 Å². The van der Waals surface area contributed by atoms with Crippen LogP contribution in [0.2, 0.25) is 0 Å². The zero-order chi connectivity index (χ0) is 22.5. The number of aromatic nitrogens is 1. The zero-order valence-electron chi connectivity index (χ0n) is 18.7. The van der Waals surface area contributed by atoms with E-state index in [1.165, 1.54) is 19.8 Å². The third-order valence-electron chi connectivity index (χ3n) is 6.07. The van der Waals surface area contributed by atoms with Gasteiger partial charge >= 0.3 is 0 Å². The van der Waals surface area contributed by atoms with E-state index in [1.807, 2.05) is 54.6 Å². The number of carbonyl (C=O) groups excluding carboxylic acids is 2. The molecule has 0 spiro atoms. The molecule has 1 aromatic heterocycles. The zero-order valence-corrected chi connectivity index (χ0v) is 18.7. The number of rotatable bonds is 7. The normalized spacial score (nSPS) is 14.9. The molecule has 0 unspecified atom stereocenters. The quantitative estimate of drug-likeness (QED) is 0.580. The van der Waals surface area contributed by atoms with Crippen molar-refractivity contribution in [1.29, 1.82) is 0 Å². The number of benzene rings is 2. The van der Waals surface area contributed by atoms with Crippen molar-refractivity contribution in [3.05, 3.63) is 60.2 Å². The molecule has 32 heavy (non-hydrogen) atoms. The number of amides is 2. The van der Waals surface area contributed by atoms with Crippen LogP contribution in [0.15, 0.2) is 54.6 Å². The first-order chi connectivity index (χ1) is 15.5. The molecule has 1 saturated heterocycles. The maximum atomic E-state index is 13.1. The number of hydrogen-bond donors (Lipinski definition) is 2. The predicted octanol–water partition coefficient (Wildman–Crippen LogP) is 4.46. The Morgan fingerprint density at radius 3 is 2.50 bits per heavy atom. The first-order valence-electron chi connectivity index (χ1n) is 11.3. The van der Waals surface area contributed by atoms with Crippen molar-refractivity contribution >= 4 is 28.4 Å². The largest absolute Gasteiger partial charge is 0.352 e. The Labute approximate surface area is 189 Å². The highest BCUT2D eigenvalue weighted by molar-refractivity contribution is 6.07. The van der Waals surface area contributed by atoms with E-state index in [-0.39, 0.29) is 11.8 Å². The first-order valence-corrected chi connectivity index (χ1v) is 11.3. The van der Waals surface area contributed by atoms with E-state index in [2.05, 4.69) is 22.5 Å². The van der Waals surface area contributed by atoms with Crippen LogP contribution in [0.4, 0.5) is 5.69 Å². The van der Waals surface area contributed by atoms with Gasteiger partial charge in [0, 0.05) is 36.1 Å². The van der Waals surface area contributed by atoms with Gasteiger partial charge in [0.2, 0.25) is 5.91 Å². The summed E-state index contributed by atoms with van der Waals surface area (Å²) in [6.07, 6.45) is 3.48. The van der Waals surface area contributed by atoms with Crippen LogP contribution in [-0.4, -0.2) is 47.4 Å². The molecular formula is C26H30N4O2. The highest BCUT2D eigenvalue weighted by Crippen LogP contribution is 2.26. The van der Waals surface area contributed by atoms with Crippen LogP contribution < -0.4 is 10.6 Å². The molecule has 0 saturated carbocycles. The lowest BCUT2D eigenvalue weighted by molar-refractivity contribution is -0.114. The second kappa shape index (κ2) is 9.92. The van der Waals surface area contributed by atoms with Gasteiger partial charge in [-0.25, -0.2) is 4.98 Å². The molecular weight excluding hydrogens is 400 g/mol. The minimum absolute atomic E-state index is 0.0756. The highest BCUT2D eigenvalue weighted by Gasteiger charge is 2.18. The van der Waals surface area contributed by atoms with Gasteiger partial charge < -0.3 is 15.5 Å². The van der Waals surface area contributed by atoms with Crippen LogP contribution in [0.1, 0.15) is 43.5 Å². The second-order valence-electron chi connectivity index (χ2n) is 8.47. The van der Waals surface area contributed by atoms with Crippen LogP contribution in [-0.2, 0) is 4.79 Å². The second-order valence-corrected chi connectivity index (χ2v) is 8.47. The summed E-state index contributed by atoms with van der Waals surface area (Å²) in [5.74, 6) is -0.187. The van der Waals surface area contributed by atoms with E-state index in [0.29, 0.717) is 18.2 Å². The molecule has 2 N–H and O–H groups in total. The van der Waals surface area contributed by atoms with Gasteiger partial charge in [-0.1, -0.05) is 30.3 Å². The number of para-hydroxylation sites is 1. The number of carbonyl (C=O) groups is 2. The van der Waals surface area contributed by atoms with Crippen LogP contribution >= 0.6 is 0 Å². The molecule has 0 bridgehead atoms. The van der Waals surface area contributed by atoms with E-state index in [1.54, 1.807) is 0 Å². The molecule has 6 heteroatoms. The van der Waals surface area contributed by atoms with Crippen molar-refractivity contribution < 1.29 is 9.59 Å². The lowest BCUT2D eigenvalue weighted by atomic mass is 10.0. The van der Waals surface area contributed by atoms with Gasteiger partial charge in [0.25, 0.3) is 5.91 Å². The van der Waals surface area contributed by atoms with Gasteiger partial charge in [0.1, 0.15) is 0 Å². The van der Waals surface area contributed by atoms with Crippen LogP contribution in [0.3, 0.4) is 0 Å². The van der Waals surface area contributed by atoms with Crippen LogP contribution in [0.5, 0.6) is 0 Å². The topological polar surface area (TPSA) is 74.3 Å². The van der Waals surface area contributed by atoms with E-state index in [0.717, 1.165) is 47.4 Å². The number of likely N-dealkylation sites (tertiary alicyclic amines) is 1. The van der Waals surface area contributed by atoms with Gasteiger partial charge in [-0.15, -0.1) is 0 Å². The van der Waals surface area contributed by atoms with Crippen molar-refractivity contribution in [3.8, 4) is 11.3 Å². The number of pyridine rings is 1. The fourth-order valence-electron chi connectivity index (χ4n) is 4.29. The summed E-state index contributed by atoms with van der Waals surface area (Å²) in [5, 5.41) is 6.73. The molecule has 6 nitrogen and oxygen atoms in total. The molecule has 1 atom stereocenters. The molecule has 4 rings (SSSR count). The standard InChI is InChI=1S/C26H30N4O2/c1-18(30-15-5-6-16-30)13-14-27-26(32)23-17-25(29-24-8-4-3-7-22(23)24)20-9-11-21(12-10-20)28-19(2)31/h3-4,7-12,17-18H,5-6,13-16H2,1-2H3,(H,27,32)(H,28,31)/t18-/m1/s1. The lowest BCUT2D eigenvalue weighted by Crippen LogP contribution is -2.34. The molecule has 1 fully saturated rings. The molecule has 2 aromatic carbocycles. The summed E-state index contributed by atoms with van der Waals surface area (Å²) in [6, 6.07) is 17.5. The van der Waals surface area contributed by atoms with Gasteiger partial charge in [-0.3, -0.25) is 9.59 Å². The Balaban J connectivity index is 1.53. The number of fused-ring (bicyclic) bond motifs is 1. The monoisotopic (exact) mass is 430 g/mol. The smallest absolute Gasteiger partial charge is 0.252 e. The Kier molecular flexibility index (Phi) is 6.81. The van der Waals surface area contributed by atoms with Crippen molar-refractivity contribution in [2.24, 2.45) is 0 Å². The number of nitrogens with one attached hydrogen (secondary N) is 2. The summed E-state index contributed by atoms with van der Waals surface area (Å²) < 4.78 is 0. The van der Waals surface area contributed by atoms with Crippen molar-refractivity contribution in [3.63, 3.8) is 0 Å². The Hall–Kier alpha value is -3.25. The SMILES string of the molecule is CC(=O)Nc1ccc(-c2cc(C(=O)NCC[C@@H](C)N3CCCC3)c3ccccc3n2)cc1. The fourth-order valence-corrected chi connectivity index (χ4v) is 4.29. The molecule has 2 amide bonds. The predicted molar refractivity (Wildman–Crippen MR) is 129 cm³/mol. The fraction of sp³-hybridized carbons (Fsp3) is 0.346. The van der Waals surface area contributed by atoms with Crippen molar-refractivity contribution in [1.82, 2.24) is 15.2 Å². The lowest BCUT2D eigenvalue weighted by Gasteiger charge is -2.23.